The van der Waals surface area contributed by atoms with Crippen LogP contribution in [0.25, 0.3) is 11.0 Å². The number of aryl methyl sites for hydroxylation is 1. The summed E-state index contributed by atoms with van der Waals surface area (Å²) in [4.78, 5) is 26.7. The lowest BCUT2D eigenvalue weighted by atomic mass is 10.1. The second-order valence-electron chi connectivity index (χ2n) is 7.51. The first-order valence-corrected chi connectivity index (χ1v) is 10.8. The third kappa shape index (κ3) is 5.52. The minimum atomic E-state index is -0.588. The van der Waals surface area contributed by atoms with E-state index < -0.39 is 6.04 Å². The summed E-state index contributed by atoms with van der Waals surface area (Å²) in [6, 6.07) is 17.1. The fourth-order valence-corrected chi connectivity index (χ4v) is 3.87. The monoisotopic (exact) mass is 421 g/mol. The molecule has 0 bridgehead atoms. The second kappa shape index (κ2) is 10.8. The number of furan rings is 1. The molecule has 2 amide bonds. The van der Waals surface area contributed by atoms with E-state index in [2.05, 4.69) is 17.6 Å². The van der Waals surface area contributed by atoms with E-state index in [4.69, 9.17) is 4.42 Å². The van der Waals surface area contributed by atoms with Crippen LogP contribution in [0.1, 0.15) is 37.7 Å². The van der Waals surface area contributed by atoms with Crippen LogP contribution >= 0.6 is 0 Å². The molecule has 0 spiro atoms. The lowest BCUT2D eigenvalue weighted by Gasteiger charge is -2.29. The number of para-hydroxylation sites is 1. The number of amides is 2. The predicted octanol–water partition coefficient (Wildman–Crippen LogP) is 3.64. The number of nitrogens with one attached hydrogen (secondary N) is 2. The fourth-order valence-electron chi connectivity index (χ4n) is 3.87. The van der Waals surface area contributed by atoms with Gasteiger partial charge in [0.2, 0.25) is 11.8 Å². The number of hydrogen-bond acceptors (Lipinski definition) is 4. The van der Waals surface area contributed by atoms with Crippen molar-refractivity contribution in [1.29, 1.82) is 0 Å². The summed E-state index contributed by atoms with van der Waals surface area (Å²) in [6.45, 7) is 7.27. The van der Waals surface area contributed by atoms with Crippen molar-refractivity contribution < 1.29 is 14.0 Å². The molecule has 0 saturated carbocycles. The number of likely N-dealkylation sites (N-methyl/N-ethyl adjacent to an activating group) is 1. The molecule has 1 aromatic heterocycles. The van der Waals surface area contributed by atoms with Crippen LogP contribution < -0.4 is 10.6 Å². The van der Waals surface area contributed by atoms with E-state index in [1.807, 2.05) is 61.5 Å². The fraction of sp³-hybridized carbons (Fsp3) is 0.360. The molecule has 0 aliphatic rings. The van der Waals surface area contributed by atoms with Gasteiger partial charge in [-0.1, -0.05) is 55.5 Å². The van der Waals surface area contributed by atoms with Crippen molar-refractivity contribution in [3.63, 3.8) is 0 Å². The summed E-state index contributed by atoms with van der Waals surface area (Å²) >= 11 is 0. The topological polar surface area (TPSA) is 74.6 Å². The number of benzene rings is 2. The molecule has 0 saturated heterocycles. The van der Waals surface area contributed by atoms with E-state index in [1.165, 1.54) is 6.92 Å². The van der Waals surface area contributed by atoms with Gasteiger partial charge in [-0.3, -0.25) is 9.59 Å². The molecule has 3 aromatic rings. The summed E-state index contributed by atoms with van der Waals surface area (Å²) < 4.78 is 5.96. The lowest BCUT2D eigenvalue weighted by Crippen LogP contribution is -2.53. The number of carbonyl (C=O) groups excluding carboxylic acids is 2. The zero-order valence-electron chi connectivity index (χ0n) is 18.5. The van der Waals surface area contributed by atoms with Gasteiger partial charge in [0.1, 0.15) is 17.4 Å². The molecule has 1 unspecified atom stereocenters. The third-order valence-corrected chi connectivity index (χ3v) is 5.48. The highest BCUT2D eigenvalue weighted by Gasteiger charge is 2.26. The Bertz CT molecular complexity index is 1010. The molecular formula is C25H31N3O3. The SMILES string of the molecule is CCc1oc2ccccc2c1CNCC(C(=O)NCc1ccccc1)N(CC)C(C)=O. The second-order valence-corrected chi connectivity index (χ2v) is 7.51. The number of nitrogens with zero attached hydrogens (tertiary/aromatic N) is 1. The van der Waals surface area contributed by atoms with Crippen LogP contribution in [0.5, 0.6) is 0 Å². The van der Waals surface area contributed by atoms with Crippen molar-refractivity contribution in [2.75, 3.05) is 13.1 Å². The van der Waals surface area contributed by atoms with Crippen molar-refractivity contribution in [2.45, 2.75) is 46.3 Å². The first-order valence-electron chi connectivity index (χ1n) is 10.8. The highest BCUT2D eigenvalue weighted by atomic mass is 16.3. The highest BCUT2D eigenvalue weighted by Crippen LogP contribution is 2.26. The van der Waals surface area contributed by atoms with E-state index in [-0.39, 0.29) is 11.8 Å². The van der Waals surface area contributed by atoms with E-state index in [1.54, 1.807) is 4.90 Å². The number of fused-ring (bicyclic) bond motifs is 1. The zero-order chi connectivity index (χ0) is 22.2. The van der Waals surface area contributed by atoms with Crippen LogP contribution in [0.2, 0.25) is 0 Å². The first kappa shape index (κ1) is 22.6. The smallest absolute Gasteiger partial charge is 0.244 e. The Morgan fingerprint density at radius 2 is 1.71 bits per heavy atom. The summed E-state index contributed by atoms with van der Waals surface area (Å²) in [6.07, 6.45) is 0.793. The first-order chi connectivity index (χ1) is 15.0. The summed E-state index contributed by atoms with van der Waals surface area (Å²) in [5.74, 6) is 0.658. The molecule has 1 heterocycles. The van der Waals surface area contributed by atoms with Gasteiger partial charge >= 0.3 is 0 Å². The minimum Gasteiger partial charge on any atom is -0.461 e. The number of carbonyl (C=O) groups is 2. The van der Waals surface area contributed by atoms with E-state index in [9.17, 15) is 9.59 Å². The van der Waals surface area contributed by atoms with E-state index in [0.29, 0.717) is 26.2 Å². The van der Waals surface area contributed by atoms with Gasteiger partial charge < -0.3 is 20.0 Å². The average Bonchev–Trinajstić information content (AvgIpc) is 3.15. The molecule has 3 rings (SSSR count). The molecule has 31 heavy (non-hydrogen) atoms. The summed E-state index contributed by atoms with van der Waals surface area (Å²) in [5, 5.41) is 7.44. The van der Waals surface area contributed by atoms with Crippen molar-refractivity contribution in [3.05, 3.63) is 71.5 Å². The number of hydrogen-bond donors (Lipinski definition) is 2. The van der Waals surface area contributed by atoms with E-state index >= 15 is 0 Å². The average molecular weight is 422 g/mol. The molecule has 164 valence electrons. The Morgan fingerprint density at radius 3 is 2.39 bits per heavy atom. The van der Waals surface area contributed by atoms with Crippen LogP contribution in [0.3, 0.4) is 0 Å². The van der Waals surface area contributed by atoms with Gasteiger partial charge in [0.05, 0.1) is 0 Å². The Balaban J connectivity index is 1.70. The maximum atomic E-state index is 13.0. The predicted molar refractivity (Wildman–Crippen MR) is 122 cm³/mol. The van der Waals surface area contributed by atoms with Crippen LogP contribution in [-0.2, 0) is 29.1 Å². The molecular weight excluding hydrogens is 390 g/mol. The number of rotatable bonds is 10. The van der Waals surface area contributed by atoms with Crippen molar-refractivity contribution in [2.24, 2.45) is 0 Å². The Hall–Kier alpha value is -3.12. The molecule has 1 atom stereocenters. The van der Waals surface area contributed by atoms with Gasteiger partial charge in [0.15, 0.2) is 0 Å². The molecule has 2 N–H and O–H groups in total. The van der Waals surface area contributed by atoms with Gasteiger partial charge in [-0.2, -0.15) is 0 Å². The zero-order valence-corrected chi connectivity index (χ0v) is 18.5. The highest BCUT2D eigenvalue weighted by molar-refractivity contribution is 5.87. The molecule has 2 aromatic carbocycles. The van der Waals surface area contributed by atoms with Crippen molar-refractivity contribution in [3.8, 4) is 0 Å². The maximum Gasteiger partial charge on any atom is 0.244 e. The van der Waals surface area contributed by atoms with Gasteiger partial charge in [-0.05, 0) is 18.6 Å². The molecule has 0 fully saturated rings. The molecule has 0 aliphatic carbocycles. The maximum absolute atomic E-state index is 13.0. The van der Waals surface area contributed by atoms with Gasteiger partial charge in [0.25, 0.3) is 0 Å². The van der Waals surface area contributed by atoms with Crippen molar-refractivity contribution >= 4 is 22.8 Å². The summed E-state index contributed by atoms with van der Waals surface area (Å²) in [7, 11) is 0. The minimum absolute atomic E-state index is 0.118. The van der Waals surface area contributed by atoms with Gasteiger partial charge in [-0.15, -0.1) is 0 Å². The van der Waals surface area contributed by atoms with Crippen LogP contribution in [0.15, 0.2) is 59.0 Å². The van der Waals surface area contributed by atoms with Crippen molar-refractivity contribution in [1.82, 2.24) is 15.5 Å². The molecule has 0 aliphatic heterocycles. The lowest BCUT2D eigenvalue weighted by molar-refractivity contribution is -0.138. The molecule has 6 heteroatoms. The largest absolute Gasteiger partial charge is 0.461 e. The standard InChI is InChI=1S/C25H31N3O3/c1-4-23-21(20-13-9-10-14-24(20)31-23)16-26-17-22(28(5-2)18(3)29)25(30)27-15-19-11-7-6-8-12-19/h6-14,22,26H,4-5,15-17H2,1-3H3,(H,27,30). The molecule has 6 nitrogen and oxygen atoms in total. The summed E-state index contributed by atoms with van der Waals surface area (Å²) in [5.41, 5.74) is 2.99. The quantitative estimate of drug-likeness (QED) is 0.524. The Labute approximate surface area is 183 Å². The molecule has 0 radical (unpaired) electrons. The van der Waals surface area contributed by atoms with Gasteiger partial charge in [0, 0.05) is 50.5 Å². The van der Waals surface area contributed by atoms with Crippen LogP contribution in [-0.4, -0.2) is 35.8 Å². The van der Waals surface area contributed by atoms with Crippen LogP contribution in [0.4, 0.5) is 0 Å². The van der Waals surface area contributed by atoms with Crippen LogP contribution in [0, 0.1) is 0 Å². The van der Waals surface area contributed by atoms with E-state index in [0.717, 1.165) is 34.3 Å². The van der Waals surface area contributed by atoms with Gasteiger partial charge in [-0.25, -0.2) is 0 Å². The third-order valence-electron chi connectivity index (χ3n) is 5.48. The normalized spacial score (nSPS) is 12.0. The Morgan fingerprint density at radius 1 is 1.00 bits per heavy atom. The Kier molecular flexibility index (Phi) is 7.84.